The normalized spacial score (nSPS) is 13.9. The lowest BCUT2D eigenvalue weighted by molar-refractivity contribution is 0.590. The van der Waals surface area contributed by atoms with E-state index in [1.807, 2.05) is 0 Å². The molecule has 0 atom stereocenters. The molecule has 10 aromatic carbocycles. The van der Waals surface area contributed by atoms with E-state index in [9.17, 15) is 0 Å². The molecule has 0 fully saturated rings. The Morgan fingerprint density at radius 2 is 0.960 bits per heavy atom. The first kappa shape index (κ1) is 46.5. The summed E-state index contributed by atoms with van der Waals surface area (Å²) < 4.78 is 0. The number of hydrogen-bond donors (Lipinski definition) is 0. The largest absolute Gasteiger partial charge is 0.311 e. The van der Waals surface area contributed by atoms with Crippen LogP contribution in [0.4, 0.5) is 51.2 Å². The monoisotopic (exact) mass is 968 g/mol. The average molecular weight is 968 g/mol. The molecule has 0 amide bonds. The van der Waals surface area contributed by atoms with Crippen LogP contribution < -0.4 is 31.1 Å². The first-order valence-electron chi connectivity index (χ1n) is 26.7. The van der Waals surface area contributed by atoms with Gasteiger partial charge < -0.3 is 14.7 Å². The van der Waals surface area contributed by atoms with Crippen molar-refractivity contribution in [1.29, 1.82) is 0 Å². The minimum absolute atomic E-state index is 0.0295. The number of rotatable bonds is 7. The van der Waals surface area contributed by atoms with E-state index in [2.05, 4.69) is 301 Å². The number of fused-ring (bicyclic) bond motifs is 7. The van der Waals surface area contributed by atoms with Gasteiger partial charge >= 0.3 is 0 Å². The van der Waals surface area contributed by atoms with Gasteiger partial charge in [0.1, 0.15) is 0 Å². The molecule has 1 aliphatic carbocycles. The molecular weight excluding hydrogens is 906 g/mol. The Labute approximate surface area is 444 Å². The number of benzene rings is 10. The molecule has 0 aromatic heterocycles. The average Bonchev–Trinajstić information content (AvgIpc) is 3.87. The Morgan fingerprint density at radius 1 is 0.400 bits per heavy atom. The van der Waals surface area contributed by atoms with Crippen molar-refractivity contribution in [3.05, 3.63) is 275 Å². The maximum absolute atomic E-state index is 2.62. The van der Waals surface area contributed by atoms with Crippen LogP contribution in [0.15, 0.2) is 231 Å². The van der Waals surface area contributed by atoms with Crippen molar-refractivity contribution in [1.82, 2.24) is 0 Å². The van der Waals surface area contributed by atoms with Gasteiger partial charge in [-0.15, -0.1) is 0 Å². The molecule has 0 bridgehead atoms. The lowest BCUT2D eigenvalue weighted by Gasteiger charge is -2.45. The molecule has 4 heteroatoms. The minimum Gasteiger partial charge on any atom is -0.311 e. The van der Waals surface area contributed by atoms with Gasteiger partial charge in [0, 0.05) is 51.2 Å². The van der Waals surface area contributed by atoms with E-state index in [4.69, 9.17) is 0 Å². The van der Waals surface area contributed by atoms with E-state index in [-0.39, 0.29) is 17.5 Å². The summed E-state index contributed by atoms with van der Waals surface area (Å²) in [5, 5.41) is 0. The van der Waals surface area contributed by atoms with Crippen LogP contribution >= 0.6 is 0 Å². The summed E-state index contributed by atoms with van der Waals surface area (Å²) in [4.78, 5) is 7.61. The minimum atomic E-state index is -0.563. The van der Waals surface area contributed by atoms with Gasteiger partial charge in [-0.05, 0) is 169 Å². The first-order chi connectivity index (χ1) is 36.3. The van der Waals surface area contributed by atoms with Crippen molar-refractivity contribution in [3.63, 3.8) is 0 Å². The Hall–Kier alpha value is -8.34. The maximum Gasteiger partial charge on any atom is 0.252 e. The summed E-state index contributed by atoms with van der Waals surface area (Å²) in [6.07, 6.45) is 0. The first-order valence-corrected chi connectivity index (χ1v) is 26.7. The van der Waals surface area contributed by atoms with Crippen molar-refractivity contribution in [2.75, 3.05) is 14.7 Å². The quantitative estimate of drug-likeness (QED) is 0.147. The van der Waals surface area contributed by atoms with Crippen molar-refractivity contribution in [2.24, 2.45) is 0 Å². The third-order valence-corrected chi connectivity index (χ3v) is 16.4. The van der Waals surface area contributed by atoms with Crippen LogP contribution in [0.5, 0.6) is 0 Å². The van der Waals surface area contributed by atoms with E-state index >= 15 is 0 Å². The number of aryl methyl sites for hydroxylation is 2. The van der Waals surface area contributed by atoms with Crippen molar-refractivity contribution >= 4 is 74.3 Å². The zero-order valence-corrected chi connectivity index (χ0v) is 44.4. The second-order valence-corrected chi connectivity index (χ2v) is 23.1. The fourth-order valence-corrected chi connectivity index (χ4v) is 12.8. The highest BCUT2D eigenvalue weighted by Crippen LogP contribution is 2.58. The molecule has 3 aliphatic rings. The van der Waals surface area contributed by atoms with E-state index in [0.29, 0.717) is 0 Å². The van der Waals surface area contributed by atoms with Crippen LogP contribution in [0.2, 0.25) is 0 Å². The fraction of sp³-hybridized carbons (Fsp3) is 0.155. The van der Waals surface area contributed by atoms with Gasteiger partial charge in [0.05, 0.1) is 5.41 Å². The topological polar surface area (TPSA) is 9.72 Å². The molecule has 3 nitrogen and oxygen atoms in total. The smallest absolute Gasteiger partial charge is 0.252 e. The van der Waals surface area contributed by atoms with Gasteiger partial charge in [0.2, 0.25) is 0 Å². The molecule has 0 spiro atoms. The lowest BCUT2D eigenvalue weighted by Crippen LogP contribution is -2.61. The predicted molar refractivity (Wildman–Crippen MR) is 319 cm³/mol. The third-order valence-electron chi connectivity index (χ3n) is 16.4. The number of nitrogens with zero attached hydrogens (tertiary/aromatic N) is 3. The van der Waals surface area contributed by atoms with Gasteiger partial charge in [-0.2, -0.15) is 0 Å². The molecular formula is C71H62BN3. The Balaban J connectivity index is 1.13. The van der Waals surface area contributed by atoms with Crippen LogP contribution in [0.1, 0.15) is 86.1 Å². The molecule has 10 aromatic rings. The predicted octanol–water partition coefficient (Wildman–Crippen LogP) is 16.8. The Kier molecular flexibility index (Phi) is 10.8. The molecule has 2 heterocycles. The number of hydrogen-bond acceptors (Lipinski definition) is 3. The summed E-state index contributed by atoms with van der Waals surface area (Å²) >= 11 is 0. The van der Waals surface area contributed by atoms with Gasteiger partial charge in [0.25, 0.3) is 6.71 Å². The van der Waals surface area contributed by atoms with E-state index < -0.39 is 5.41 Å². The maximum atomic E-state index is 2.62. The zero-order chi connectivity index (χ0) is 51.4. The molecule has 2 aliphatic heterocycles. The standard InChI is InChI=1S/C71H62BN3/c1-47-42-66-68-67(43-47)75(55-37-39-58-57-29-19-20-30-59(57)71(60(58)45-55,50-23-12-9-13-24-50)51-25-14-10-15-26-51)65-46-56(73(53-27-16-11-17-28-53)63-31-21-18-22-48(63)2)38-40-61(65)72(68)62-44-52(70(6,7)8)34-41-64(62)74(66)54-35-32-49(33-36-54)69(3,4)5/h9-46H,1-8H3. The summed E-state index contributed by atoms with van der Waals surface area (Å²) in [7, 11) is 0. The SMILES string of the molecule is Cc1cc2c3c(c1)N(c1ccc4c(c1)C(c1ccccc1)(c1ccccc1)c1ccccc1-4)c1cc(N(c4ccccc4)c4ccccc4C)ccc1B3c1cc(C(C)(C)C)ccc1N2c1ccc(C(C)(C)C)cc1. The van der Waals surface area contributed by atoms with E-state index in [0.717, 1.165) is 28.4 Å². The molecule has 0 saturated heterocycles. The molecule has 0 N–H and O–H groups in total. The summed E-state index contributed by atoms with van der Waals surface area (Å²) in [6, 6.07) is 87.3. The second-order valence-electron chi connectivity index (χ2n) is 23.1. The number of anilines is 9. The molecule has 364 valence electrons. The van der Waals surface area contributed by atoms with E-state index in [1.165, 1.54) is 94.8 Å². The van der Waals surface area contributed by atoms with Gasteiger partial charge in [-0.3, -0.25) is 0 Å². The van der Waals surface area contributed by atoms with E-state index in [1.54, 1.807) is 0 Å². The number of para-hydroxylation sites is 2. The molecule has 13 rings (SSSR count). The fourth-order valence-electron chi connectivity index (χ4n) is 12.8. The Bertz CT molecular complexity index is 3790. The molecule has 0 unspecified atom stereocenters. The van der Waals surface area contributed by atoms with Gasteiger partial charge in [0.15, 0.2) is 0 Å². The third kappa shape index (κ3) is 7.32. The second kappa shape index (κ2) is 17.4. The van der Waals surface area contributed by atoms with Crippen molar-refractivity contribution in [2.45, 2.75) is 71.6 Å². The highest BCUT2D eigenvalue weighted by molar-refractivity contribution is 7.00. The molecule has 75 heavy (non-hydrogen) atoms. The van der Waals surface area contributed by atoms with Crippen LogP contribution in [0.3, 0.4) is 0 Å². The highest BCUT2D eigenvalue weighted by Gasteiger charge is 2.48. The Morgan fingerprint density at radius 3 is 1.61 bits per heavy atom. The van der Waals surface area contributed by atoms with Crippen LogP contribution in [-0.4, -0.2) is 6.71 Å². The van der Waals surface area contributed by atoms with Crippen LogP contribution in [0, 0.1) is 13.8 Å². The van der Waals surface area contributed by atoms with Crippen LogP contribution in [-0.2, 0) is 16.2 Å². The summed E-state index contributed by atoms with van der Waals surface area (Å²) in [6.45, 7) is 18.4. The van der Waals surface area contributed by atoms with Crippen molar-refractivity contribution < 1.29 is 0 Å². The molecule has 0 saturated carbocycles. The highest BCUT2D eigenvalue weighted by atomic mass is 15.2. The van der Waals surface area contributed by atoms with Crippen molar-refractivity contribution in [3.8, 4) is 11.1 Å². The summed E-state index contributed by atoms with van der Waals surface area (Å²) in [5.41, 5.74) is 26.5. The van der Waals surface area contributed by atoms with Gasteiger partial charge in [-0.25, -0.2) is 0 Å². The van der Waals surface area contributed by atoms with Gasteiger partial charge in [-0.1, -0.05) is 199 Å². The zero-order valence-electron chi connectivity index (χ0n) is 44.4. The molecule has 0 radical (unpaired) electrons. The van der Waals surface area contributed by atoms with Crippen LogP contribution in [0.25, 0.3) is 11.1 Å². The lowest BCUT2D eigenvalue weighted by atomic mass is 9.33. The summed E-state index contributed by atoms with van der Waals surface area (Å²) in [5.74, 6) is 0.